The van der Waals surface area contributed by atoms with E-state index in [1.165, 1.54) is 4.57 Å². The zero-order chi connectivity index (χ0) is 30.6. The molecule has 0 radical (unpaired) electrons. The molecule has 11 nitrogen and oxygen atoms in total. The zero-order valence-electron chi connectivity index (χ0n) is 25.0. The molecule has 0 aliphatic carbocycles. The Labute approximate surface area is 253 Å². The number of aryl methyl sites for hydroxylation is 1. The smallest absolute Gasteiger partial charge is 0.332 e. The van der Waals surface area contributed by atoms with Gasteiger partial charge in [-0.1, -0.05) is 92.7 Å². The fourth-order valence-corrected chi connectivity index (χ4v) is 5.55. The lowest BCUT2D eigenvalue weighted by Gasteiger charge is -2.14. The van der Waals surface area contributed by atoms with Gasteiger partial charge in [0.05, 0.1) is 13.2 Å². The molecule has 11 heteroatoms. The van der Waals surface area contributed by atoms with Crippen molar-refractivity contribution in [2.45, 2.75) is 45.8 Å². The maximum absolute atomic E-state index is 14.1. The summed E-state index contributed by atoms with van der Waals surface area (Å²) in [4.78, 5) is 32.6. The molecule has 6 rings (SSSR count). The first kappa shape index (κ1) is 28.9. The molecule has 0 saturated heterocycles. The number of aromatic amines is 1. The van der Waals surface area contributed by atoms with Gasteiger partial charge in [-0.3, -0.25) is 13.9 Å². The van der Waals surface area contributed by atoms with Gasteiger partial charge in [0, 0.05) is 31.7 Å². The van der Waals surface area contributed by atoms with Crippen LogP contribution in [0.2, 0.25) is 0 Å². The zero-order valence-corrected chi connectivity index (χ0v) is 25.0. The minimum Gasteiger partial charge on any atom is -0.383 e. The molecule has 3 aromatic carbocycles. The van der Waals surface area contributed by atoms with Gasteiger partial charge in [-0.25, -0.2) is 9.78 Å². The highest BCUT2D eigenvalue weighted by molar-refractivity contribution is 5.80. The average molecular weight is 591 g/mol. The lowest BCUT2D eigenvalue weighted by Crippen LogP contribution is -2.41. The summed E-state index contributed by atoms with van der Waals surface area (Å²) in [7, 11) is 1.59. The number of hydrogen-bond donors (Lipinski definition) is 1. The molecule has 0 saturated carbocycles. The average Bonchev–Trinajstić information content (AvgIpc) is 3.71. The van der Waals surface area contributed by atoms with Gasteiger partial charge in [-0.15, -0.1) is 10.2 Å². The molecule has 3 heterocycles. The fraction of sp³-hybridized carbons (Fsp3) is 0.273. The van der Waals surface area contributed by atoms with Crippen molar-refractivity contribution in [2.75, 3.05) is 13.7 Å². The van der Waals surface area contributed by atoms with Crippen LogP contribution in [0.15, 0.2) is 88.5 Å². The highest BCUT2D eigenvalue weighted by Crippen LogP contribution is 2.30. The van der Waals surface area contributed by atoms with Gasteiger partial charge in [0.2, 0.25) is 5.82 Å². The molecule has 0 spiro atoms. The quantitative estimate of drug-likeness (QED) is 0.239. The lowest BCUT2D eigenvalue weighted by atomic mass is 9.98. The monoisotopic (exact) mass is 590 g/mol. The number of methoxy groups -OCH3 is 1. The van der Waals surface area contributed by atoms with Gasteiger partial charge in [-0.05, 0) is 33.9 Å². The molecule has 1 N–H and O–H groups in total. The highest BCUT2D eigenvalue weighted by Gasteiger charge is 2.23. The van der Waals surface area contributed by atoms with Gasteiger partial charge in [0.1, 0.15) is 5.82 Å². The van der Waals surface area contributed by atoms with Crippen molar-refractivity contribution in [3.05, 3.63) is 117 Å². The van der Waals surface area contributed by atoms with E-state index in [1.807, 2.05) is 85.1 Å². The van der Waals surface area contributed by atoms with Gasteiger partial charge < -0.3 is 9.30 Å². The van der Waals surface area contributed by atoms with Crippen molar-refractivity contribution in [1.29, 1.82) is 0 Å². The first-order chi connectivity index (χ1) is 21.5. The Morgan fingerprint density at radius 3 is 2.23 bits per heavy atom. The molecule has 6 aromatic rings. The third-order valence-electron chi connectivity index (χ3n) is 7.77. The number of nitrogens with zero attached hydrogens (tertiary/aromatic N) is 7. The number of rotatable bonds is 11. The number of fused-ring (bicyclic) bond motifs is 1. The van der Waals surface area contributed by atoms with Crippen LogP contribution in [0, 0.1) is 0 Å². The summed E-state index contributed by atoms with van der Waals surface area (Å²) in [6.07, 6.45) is 0.559. The molecular weight excluding hydrogens is 556 g/mol. The Morgan fingerprint density at radius 1 is 0.818 bits per heavy atom. The molecule has 0 unspecified atom stereocenters. The number of hydrogen-bond acceptors (Lipinski definition) is 7. The first-order valence-electron chi connectivity index (χ1n) is 14.6. The van der Waals surface area contributed by atoms with E-state index in [1.54, 1.807) is 11.7 Å². The molecule has 44 heavy (non-hydrogen) atoms. The molecule has 0 aliphatic heterocycles. The van der Waals surface area contributed by atoms with Crippen LogP contribution in [0.25, 0.3) is 33.7 Å². The summed E-state index contributed by atoms with van der Waals surface area (Å²) in [5, 5.41) is 14.5. The van der Waals surface area contributed by atoms with Gasteiger partial charge in [0.25, 0.3) is 5.56 Å². The van der Waals surface area contributed by atoms with Crippen LogP contribution in [0.4, 0.5) is 0 Å². The molecule has 3 aromatic heterocycles. The van der Waals surface area contributed by atoms with Crippen LogP contribution in [0.1, 0.15) is 36.7 Å². The fourth-order valence-electron chi connectivity index (χ4n) is 5.55. The summed E-state index contributed by atoms with van der Waals surface area (Å²) in [6, 6.07) is 26.0. The SMILES string of the molecule is COCCn1c(=O)n(CCc2ccccc2)c(=O)c2c1nc(C(C)C)n2Cc1ccc(-c2ccccc2-c2nn[nH]n2)cc1. The van der Waals surface area contributed by atoms with E-state index < -0.39 is 0 Å². The Balaban J connectivity index is 1.42. The molecule has 224 valence electrons. The Bertz CT molecular complexity index is 1990. The summed E-state index contributed by atoms with van der Waals surface area (Å²) in [6.45, 7) is 5.39. The van der Waals surface area contributed by atoms with Gasteiger partial charge >= 0.3 is 5.69 Å². The second kappa shape index (κ2) is 12.6. The van der Waals surface area contributed by atoms with E-state index in [-0.39, 0.29) is 23.7 Å². The second-order valence-corrected chi connectivity index (χ2v) is 11.0. The number of imidazole rings is 1. The Kier molecular flexibility index (Phi) is 8.29. The predicted molar refractivity (Wildman–Crippen MR) is 169 cm³/mol. The van der Waals surface area contributed by atoms with Crippen molar-refractivity contribution in [2.24, 2.45) is 0 Å². The lowest BCUT2D eigenvalue weighted by molar-refractivity contribution is 0.186. The van der Waals surface area contributed by atoms with Crippen LogP contribution >= 0.6 is 0 Å². The first-order valence-corrected chi connectivity index (χ1v) is 14.6. The maximum Gasteiger partial charge on any atom is 0.332 e. The van der Waals surface area contributed by atoms with E-state index in [0.717, 1.165) is 33.6 Å². The summed E-state index contributed by atoms with van der Waals surface area (Å²) in [5.41, 5.74) is 5.02. The standard InChI is InChI=1S/C33H34N8O3/c1-22(2)30-34-31-28(32(42)40(33(43)39(31)19-20-44-3)18-17-23-9-5-4-6-10-23)41(30)21-24-13-15-25(16-14-24)26-11-7-8-12-27(26)29-35-37-38-36-29/h4-16,22H,17-21H2,1-3H3,(H,35,36,37,38). The van der Waals surface area contributed by atoms with Gasteiger partial charge in [-0.2, -0.15) is 5.21 Å². The van der Waals surface area contributed by atoms with Crippen LogP contribution < -0.4 is 11.2 Å². The van der Waals surface area contributed by atoms with Crippen LogP contribution in [0.5, 0.6) is 0 Å². The van der Waals surface area contributed by atoms with E-state index in [9.17, 15) is 9.59 Å². The number of aromatic nitrogens is 8. The largest absolute Gasteiger partial charge is 0.383 e. The van der Waals surface area contributed by atoms with Crippen molar-refractivity contribution in [1.82, 2.24) is 39.3 Å². The minimum atomic E-state index is -0.375. The summed E-state index contributed by atoms with van der Waals surface area (Å²) < 4.78 is 10.2. The van der Waals surface area contributed by atoms with Crippen molar-refractivity contribution >= 4 is 11.2 Å². The molecule has 0 amide bonds. The molecule has 0 fully saturated rings. The second-order valence-electron chi connectivity index (χ2n) is 11.0. The number of tetrazole rings is 1. The minimum absolute atomic E-state index is 0.0201. The van der Waals surface area contributed by atoms with E-state index >= 15 is 0 Å². The van der Waals surface area contributed by atoms with Crippen molar-refractivity contribution in [3.8, 4) is 22.5 Å². The van der Waals surface area contributed by atoms with Crippen molar-refractivity contribution in [3.63, 3.8) is 0 Å². The number of ether oxygens (including phenoxy) is 1. The van der Waals surface area contributed by atoms with Gasteiger partial charge in [0.15, 0.2) is 11.2 Å². The maximum atomic E-state index is 14.1. The van der Waals surface area contributed by atoms with Crippen LogP contribution in [0.3, 0.4) is 0 Å². The normalized spacial score (nSPS) is 11.5. The number of benzene rings is 3. The van der Waals surface area contributed by atoms with E-state index in [2.05, 4.69) is 32.8 Å². The number of nitrogens with one attached hydrogen (secondary N) is 1. The topological polar surface area (TPSA) is 126 Å². The Morgan fingerprint density at radius 2 is 1.55 bits per heavy atom. The third-order valence-corrected chi connectivity index (χ3v) is 7.77. The summed E-state index contributed by atoms with van der Waals surface area (Å²) in [5.74, 6) is 1.29. The van der Waals surface area contributed by atoms with E-state index in [0.29, 0.717) is 43.1 Å². The van der Waals surface area contributed by atoms with Crippen LogP contribution in [-0.2, 0) is 30.8 Å². The predicted octanol–water partition coefficient (Wildman–Crippen LogP) is 4.27. The molecule has 0 atom stereocenters. The Hall–Kier alpha value is -5.16. The molecular formula is C33H34N8O3. The number of H-pyrrole nitrogens is 1. The third kappa shape index (κ3) is 5.61. The molecule has 0 bridgehead atoms. The summed E-state index contributed by atoms with van der Waals surface area (Å²) >= 11 is 0. The van der Waals surface area contributed by atoms with E-state index in [4.69, 9.17) is 9.72 Å². The van der Waals surface area contributed by atoms with Crippen LogP contribution in [-0.4, -0.2) is 53.0 Å². The van der Waals surface area contributed by atoms with Crippen molar-refractivity contribution < 1.29 is 4.74 Å². The highest BCUT2D eigenvalue weighted by atomic mass is 16.5. The molecule has 0 aliphatic rings.